The van der Waals surface area contributed by atoms with Crippen molar-refractivity contribution in [2.24, 2.45) is 0 Å². The molecule has 0 saturated heterocycles. The van der Waals surface area contributed by atoms with E-state index in [0.717, 1.165) is 0 Å². The first-order valence-electron chi connectivity index (χ1n) is 25.0. The van der Waals surface area contributed by atoms with Crippen LogP contribution in [0.15, 0.2) is 37.4 Å². The standard InChI is InChI=1S/C36H66Br2N4.3C10H2.2BrH/c37-25-19-13-7-1-3-9-15-21-27-39-31-33-41(35-39)29-23-17-11-5-6-12-18-24-30-42-34-32-40(36-42)28-22-16-10-4-2-8-14-20-26-38;3*1-3-5-7-9-10-8-6-4-2;;/h31-36H,1-30H2;3*1-2H;2*1H/q+2;;;;;/p-2. The number of halogens is 4. The van der Waals surface area contributed by atoms with Gasteiger partial charge in [0.25, 0.3) is 0 Å². The summed E-state index contributed by atoms with van der Waals surface area (Å²) in [6, 6.07) is 0. The zero-order valence-corrected chi connectivity index (χ0v) is 49.8. The minimum absolute atomic E-state index is 0. The molecule has 0 radical (unpaired) electrons. The molecule has 0 saturated carbocycles. The lowest BCUT2D eigenvalue weighted by molar-refractivity contribution is -0.697. The second-order valence-electron chi connectivity index (χ2n) is 15.8. The van der Waals surface area contributed by atoms with Crippen LogP contribution in [-0.2, 0) is 26.2 Å². The summed E-state index contributed by atoms with van der Waals surface area (Å²) < 4.78 is 9.56. The predicted octanol–water partition coefficient (Wildman–Crippen LogP) is 5.51. The number of unbranched alkanes of at least 4 members (excludes halogenated alkanes) is 21. The van der Waals surface area contributed by atoms with Gasteiger partial charge in [-0.2, -0.15) is 0 Å². The van der Waals surface area contributed by atoms with Gasteiger partial charge in [0.05, 0.1) is 26.2 Å². The van der Waals surface area contributed by atoms with Crippen LogP contribution in [-0.4, -0.2) is 19.8 Å². The van der Waals surface area contributed by atoms with Gasteiger partial charge in [-0.05, 0) is 206 Å². The van der Waals surface area contributed by atoms with Crippen LogP contribution in [0, 0.1) is 181 Å². The summed E-state index contributed by atoms with van der Waals surface area (Å²) in [6.07, 6.45) is 75.7. The summed E-state index contributed by atoms with van der Waals surface area (Å²) in [5.41, 5.74) is 0. The normalized spacial score (nSPS) is 7.95. The lowest BCUT2D eigenvalue weighted by Gasteiger charge is -2.02. The highest BCUT2D eigenvalue weighted by Gasteiger charge is 2.05. The molecule has 0 aliphatic heterocycles. The Morgan fingerprint density at radius 3 is 0.716 bits per heavy atom. The van der Waals surface area contributed by atoms with E-state index in [-0.39, 0.29) is 34.0 Å². The lowest BCUT2D eigenvalue weighted by atomic mass is 10.1. The van der Waals surface area contributed by atoms with Crippen LogP contribution in [0.25, 0.3) is 0 Å². The van der Waals surface area contributed by atoms with Gasteiger partial charge in [-0.15, -0.1) is 38.5 Å². The van der Waals surface area contributed by atoms with Gasteiger partial charge < -0.3 is 34.0 Å². The van der Waals surface area contributed by atoms with Crippen molar-refractivity contribution in [1.29, 1.82) is 0 Å². The summed E-state index contributed by atoms with van der Waals surface area (Å²) in [5.74, 6) is 55.1. The van der Waals surface area contributed by atoms with Crippen LogP contribution in [0.2, 0.25) is 0 Å². The maximum absolute atomic E-state index is 4.81. The molecule has 0 aliphatic carbocycles. The van der Waals surface area contributed by atoms with Gasteiger partial charge in [-0.25, -0.2) is 18.3 Å². The molecular formula is C66H72Br4N4. The topological polar surface area (TPSA) is 17.6 Å². The first-order valence-corrected chi connectivity index (χ1v) is 27.3. The van der Waals surface area contributed by atoms with E-state index in [1.165, 1.54) is 191 Å². The predicted molar refractivity (Wildman–Crippen MR) is 311 cm³/mol. The van der Waals surface area contributed by atoms with E-state index in [0.29, 0.717) is 0 Å². The number of nitrogens with zero attached hydrogens (tertiary/aromatic N) is 4. The third-order valence-electron chi connectivity index (χ3n) is 10.0. The zero-order chi connectivity index (χ0) is 52.7. The largest absolute Gasteiger partial charge is 1.00 e. The van der Waals surface area contributed by atoms with E-state index in [2.05, 4.69) is 230 Å². The number of alkyl halides is 2. The second kappa shape index (κ2) is 66.7. The van der Waals surface area contributed by atoms with E-state index in [1.54, 1.807) is 0 Å². The van der Waals surface area contributed by atoms with Crippen LogP contribution in [0.5, 0.6) is 0 Å². The van der Waals surface area contributed by atoms with Crippen molar-refractivity contribution in [1.82, 2.24) is 9.13 Å². The Morgan fingerprint density at radius 2 is 0.486 bits per heavy atom. The minimum atomic E-state index is 0. The Balaban J connectivity index is -0.000000618. The molecule has 384 valence electrons. The molecule has 74 heavy (non-hydrogen) atoms. The minimum Gasteiger partial charge on any atom is -1.00 e. The van der Waals surface area contributed by atoms with Crippen molar-refractivity contribution >= 4 is 31.9 Å². The van der Waals surface area contributed by atoms with Gasteiger partial charge >= 0.3 is 0 Å². The van der Waals surface area contributed by atoms with Crippen molar-refractivity contribution in [2.75, 3.05) is 10.7 Å². The van der Waals surface area contributed by atoms with Crippen LogP contribution in [0.1, 0.15) is 154 Å². The maximum Gasteiger partial charge on any atom is 0.243 e. The van der Waals surface area contributed by atoms with Crippen LogP contribution >= 0.6 is 31.9 Å². The van der Waals surface area contributed by atoms with E-state index < -0.39 is 0 Å². The average molecular weight is 1240 g/mol. The summed E-state index contributed by atoms with van der Waals surface area (Å²) in [6.45, 7) is 4.71. The second-order valence-corrected chi connectivity index (χ2v) is 17.3. The van der Waals surface area contributed by atoms with Crippen molar-refractivity contribution in [2.45, 2.75) is 180 Å². The Kier molecular flexibility index (Phi) is 67.0. The van der Waals surface area contributed by atoms with Crippen molar-refractivity contribution in [3.05, 3.63) is 37.4 Å². The molecule has 2 rings (SSSR count). The highest BCUT2D eigenvalue weighted by atomic mass is 79.9. The molecule has 0 amide bonds. The first-order chi connectivity index (χ1) is 35.6. The molecule has 4 nitrogen and oxygen atoms in total. The fraction of sp³-hybridized carbons (Fsp3) is 0.455. The number of terminal acetylenes is 6. The van der Waals surface area contributed by atoms with Crippen molar-refractivity contribution in [3.8, 4) is 181 Å². The number of hydrogen-bond acceptors (Lipinski definition) is 0. The lowest BCUT2D eigenvalue weighted by Crippen LogP contribution is -3.00. The van der Waals surface area contributed by atoms with Crippen molar-refractivity contribution in [3.63, 3.8) is 0 Å². The zero-order valence-electron chi connectivity index (χ0n) is 43.4. The molecule has 2 aromatic rings. The van der Waals surface area contributed by atoms with Crippen molar-refractivity contribution < 1.29 is 43.1 Å². The Labute approximate surface area is 489 Å². The molecule has 8 heteroatoms. The van der Waals surface area contributed by atoms with E-state index in [9.17, 15) is 0 Å². The quantitative estimate of drug-likeness (QED) is 0.0411. The molecule has 0 unspecified atom stereocenters. The van der Waals surface area contributed by atoms with E-state index >= 15 is 0 Å². The summed E-state index contributed by atoms with van der Waals surface area (Å²) in [4.78, 5) is 0. The van der Waals surface area contributed by atoms with Gasteiger partial charge in [0.2, 0.25) is 12.7 Å². The molecular weight excluding hydrogens is 1170 g/mol. The molecule has 0 bridgehead atoms. The number of imidazole rings is 2. The maximum atomic E-state index is 4.81. The van der Waals surface area contributed by atoms with Gasteiger partial charge in [-0.1, -0.05) is 122 Å². The van der Waals surface area contributed by atoms with Gasteiger partial charge in [0.15, 0.2) is 0 Å². The molecule has 0 spiro atoms. The SMILES string of the molecule is BrCCCCCCCCCC[n+]1ccn(CCCCCCCCCCn2cc[n+](CCCCCCCCCCBr)c2)c1.C#CC#CC#CC#CC#C.C#CC#CC#CC#CC#C.C#CC#CC#CC#CC#C.[Br-].[Br-]. The van der Waals surface area contributed by atoms with Gasteiger partial charge in [0, 0.05) is 10.7 Å². The van der Waals surface area contributed by atoms with Gasteiger partial charge in [0.1, 0.15) is 24.8 Å². The molecule has 2 heterocycles. The molecule has 0 aliphatic rings. The summed E-state index contributed by atoms with van der Waals surface area (Å²) in [7, 11) is 0. The van der Waals surface area contributed by atoms with Crippen LogP contribution in [0.3, 0.4) is 0 Å². The Bertz CT molecular complexity index is 2260. The van der Waals surface area contributed by atoms with Crippen LogP contribution in [0.4, 0.5) is 0 Å². The van der Waals surface area contributed by atoms with E-state index in [4.69, 9.17) is 38.5 Å². The number of hydrogen-bond donors (Lipinski definition) is 0. The number of aryl methyl sites for hydroxylation is 4. The highest BCUT2D eigenvalue weighted by Crippen LogP contribution is 2.12. The molecule has 0 atom stereocenters. The van der Waals surface area contributed by atoms with Crippen LogP contribution < -0.4 is 43.1 Å². The molecule has 0 fully saturated rings. The Hall–Kier alpha value is -6.26. The number of aromatic nitrogens is 4. The fourth-order valence-electron chi connectivity index (χ4n) is 6.55. The molecule has 2 aromatic heterocycles. The average Bonchev–Trinajstić information content (AvgIpc) is 4.06. The Morgan fingerprint density at radius 1 is 0.284 bits per heavy atom. The monoisotopic (exact) mass is 1240 g/mol. The fourth-order valence-corrected chi connectivity index (χ4v) is 7.34. The molecule has 0 N–H and O–H groups in total. The third kappa shape index (κ3) is 60.0. The van der Waals surface area contributed by atoms with Gasteiger partial charge in [-0.3, -0.25) is 0 Å². The third-order valence-corrected chi connectivity index (χ3v) is 11.2. The summed E-state index contributed by atoms with van der Waals surface area (Å²) >= 11 is 7.04. The van der Waals surface area contributed by atoms with E-state index in [1.807, 2.05) is 0 Å². The molecule has 0 aromatic carbocycles. The smallest absolute Gasteiger partial charge is 0.243 e. The highest BCUT2D eigenvalue weighted by molar-refractivity contribution is 9.09. The first kappa shape index (κ1) is 74.3. The number of rotatable bonds is 31. The summed E-state index contributed by atoms with van der Waals surface area (Å²) in [5, 5.41) is 2.33.